The molecule has 0 spiro atoms. The lowest BCUT2D eigenvalue weighted by Crippen LogP contribution is -1.93. The summed E-state index contributed by atoms with van der Waals surface area (Å²) in [5.41, 5.74) is 11.8. The maximum Gasteiger partial charge on any atom is 0.135 e. The summed E-state index contributed by atoms with van der Waals surface area (Å²) in [4.78, 5) is 2.66. The van der Waals surface area contributed by atoms with Crippen LogP contribution < -0.4 is 0 Å². The number of para-hydroxylation sites is 1. The summed E-state index contributed by atoms with van der Waals surface area (Å²) < 4.78 is 6.03. The standard InChI is InChI=1S/C40H24OS/c1-2-12-36-32(10-1)34-23-30(18-20-37(34)41-36)26-16-14-25(15-17-26)28-8-3-9-29(22-28)31-19-21-38-35(24-31)33-11-4-6-27-7-5-13-39(42-38)40(27)33/h1-24H. The molecular formula is C40H24OS. The van der Waals surface area contributed by atoms with Crippen molar-refractivity contribution in [2.24, 2.45) is 0 Å². The number of fused-ring (bicyclic) bond motifs is 5. The van der Waals surface area contributed by atoms with Crippen LogP contribution in [0.5, 0.6) is 0 Å². The Morgan fingerprint density at radius 3 is 1.88 bits per heavy atom. The van der Waals surface area contributed by atoms with Crippen LogP contribution in [0.1, 0.15) is 0 Å². The first-order chi connectivity index (χ1) is 20.8. The highest BCUT2D eigenvalue weighted by molar-refractivity contribution is 7.99. The second kappa shape index (κ2) is 9.24. The third-order valence-electron chi connectivity index (χ3n) is 8.48. The second-order valence-corrected chi connectivity index (χ2v) is 12.0. The quantitative estimate of drug-likeness (QED) is 0.216. The topological polar surface area (TPSA) is 13.1 Å². The zero-order chi connectivity index (χ0) is 27.6. The minimum absolute atomic E-state index is 0.926. The van der Waals surface area contributed by atoms with Gasteiger partial charge in [0.1, 0.15) is 11.2 Å². The van der Waals surface area contributed by atoms with Crippen LogP contribution >= 0.6 is 11.8 Å². The SMILES string of the molecule is c1cc(-c2ccc(-c3ccc4oc5ccccc5c4c3)cc2)cc(-c2ccc3c(c2)-c2cccc4cccc(c24)S3)c1. The average molecular weight is 553 g/mol. The van der Waals surface area contributed by atoms with Gasteiger partial charge in [-0.3, -0.25) is 0 Å². The number of hydrogen-bond acceptors (Lipinski definition) is 2. The summed E-state index contributed by atoms with van der Waals surface area (Å²) >= 11 is 1.87. The van der Waals surface area contributed by atoms with Crippen molar-refractivity contribution in [1.82, 2.24) is 0 Å². The Morgan fingerprint density at radius 2 is 1.02 bits per heavy atom. The van der Waals surface area contributed by atoms with Crippen molar-refractivity contribution < 1.29 is 4.42 Å². The predicted molar refractivity (Wildman–Crippen MR) is 177 cm³/mol. The molecule has 9 rings (SSSR count). The summed E-state index contributed by atoms with van der Waals surface area (Å²) in [6.45, 7) is 0. The maximum atomic E-state index is 6.03. The Morgan fingerprint density at radius 1 is 0.381 bits per heavy atom. The first-order valence-corrected chi connectivity index (χ1v) is 15.1. The van der Waals surface area contributed by atoms with E-state index < -0.39 is 0 Å². The van der Waals surface area contributed by atoms with Gasteiger partial charge in [-0.1, -0.05) is 115 Å². The Kier molecular flexibility index (Phi) is 5.20. The molecule has 1 aliphatic heterocycles. The molecule has 0 atom stereocenters. The Hall–Kier alpha value is -5.05. The van der Waals surface area contributed by atoms with Gasteiger partial charge in [0.15, 0.2) is 0 Å². The molecule has 1 aromatic heterocycles. The predicted octanol–water partition coefficient (Wildman–Crippen LogP) is 11.9. The highest BCUT2D eigenvalue weighted by atomic mass is 32.2. The van der Waals surface area contributed by atoms with Crippen LogP contribution in [0, 0.1) is 0 Å². The van der Waals surface area contributed by atoms with Crippen LogP contribution in [-0.4, -0.2) is 0 Å². The van der Waals surface area contributed by atoms with Crippen LogP contribution in [0.3, 0.4) is 0 Å². The van der Waals surface area contributed by atoms with Crippen molar-refractivity contribution in [3.8, 4) is 44.5 Å². The van der Waals surface area contributed by atoms with Crippen LogP contribution in [0.25, 0.3) is 77.2 Å². The van der Waals surface area contributed by atoms with E-state index in [0.29, 0.717) is 0 Å². The first kappa shape index (κ1) is 23.6. The van der Waals surface area contributed by atoms with Gasteiger partial charge in [0, 0.05) is 25.9 Å². The molecule has 0 saturated carbocycles. The Labute approximate surface area is 248 Å². The molecule has 7 aromatic carbocycles. The van der Waals surface area contributed by atoms with Crippen LogP contribution in [0.4, 0.5) is 0 Å². The molecule has 0 aliphatic carbocycles. The highest BCUT2D eigenvalue weighted by Crippen LogP contribution is 2.48. The third-order valence-corrected chi connectivity index (χ3v) is 9.62. The van der Waals surface area contributed by atoms with Gasteiger partial charge in [-0.15, -0.1) is 0 Å². The number of hydrogen-bond donors (Lipinski definition) is 0. The van der Waals surface area contributed by atoms with Crippen molar-refractivity contribution >= 4 is 44.5 Å². The van der Waals surface area contributed by atoms with Gasteiger partial charge in [-0.25, -0.2) is 0 Å². The zero-order valence-corrected chi connectivity index (χ0v) is 23.5. The molecular weight excluding hydrogens is 529 g/mol. The molecule has 8 aromatic rings. The van der Waals surface area contributed by atoms with E-state index in [1.807, 2.05) is 23.9 Å². The lowest BCUT2D eigenvalue weighted by atomic mass is 9.93. The van der Waals surface area contributed by atoms with Gasteiger partial charge in [-0.2, -0.15) is 0 Å². The van der Waals surface area contributed by atoms with E-state index >= 15 is 0 Å². The molecule has 2 heteroatoms. The van der Waals surface area contributed by atoms with Crippen molar-refractivity contribution in [1.29, 1.82) is 0 Å². The van der Waals surface area contributed by atoms with E-state index in [1.165, 1.54) is 65.1 Å². The second-order valence-electron chi connectivity index (χ2n) is 10.9. The summed E-state index contributed by atoms with van der Waals surface area (Å²) in [5.74, 6) is 0. The molecule has 0 bridgehead atoms. The van der Waals surface area contributed by atoms with Gasteiger partial charge in [0.2, 0.25) is 0 Å². The minimum Gasteiger partial charge on any atom is -0.456 e. The van der Waals surface area contributed by atoms with E-state index in [9.17, 15) is 0 Å². The van der Waals surface area contributed by atoms with Crippen molar-refractivity contribution in [3.63, 3.8) is 0 Å². The fourth-order valence-electron chi connectivity index (χ4n) is 6.38. The van der Waals surface area contributed by atoms with Crippen molar-refractivity contribution in [2.75, 3.05) is 0 Å². The minimum atomic E-state index is 0.926. The van der Waals surface area contributed by atoms with Gasteiger partial charge in [-0.05, 0) is 92.4 Å². The fraction of sp³-hybridized carbons (Fsp3) is 0. The summed E-state index contributed by atoms with van der Waals surface area (Å²) in [6, 6.07) is 52.7. The van der Waals surface area contributed by atoms with Gasteiger partial charge in [0.25, 0.3) is 0 Å². The highest BCUT2D eigenvalue weighted by Gasteiger charge is 2.19. The maximum absolute atomic E-state index is 6.03. The lowest BCUT2D eigenvalue weighted by molar-refractivity contribution is 0.669. The third kappa shape index (κ3) is 3.73. The molecule has 0 amide bonds. The Bertz CT molecular complexity index is 2320. The molecule has 0 fully saturated rings. The molecule has 0 radical (unpaired) electrons. The fourth-order valence-corrected chi connectivity index (χ4v) is 7.51. The summed E-state index contributed by atoms with van der Waals surface area (Å²) in [6.07, 6.45) is 0. The van der Waals surface area contributed by atoms with Gasteiger partial charge >= 0.3 is 0 Å². The molecule has 42 heavy (non-hydrogen) atoms. The van der Waals surface area contributed by atoms with Crippen molar-refractivity contribution in [2.45, 2.75) is 9.79 Å². The van der Waals surface area contributed by atoms with Crippen LogP contribution in [-0.2, 0) is 0 Å². The van der Waals surface area contributed by atoms with E-state index in [2.05, 4.69) is 133 Å². The molecule has 1 aliphatic rings. The molecule has 2 heterocycles. The first-order valence-electron chi connectivity index (χ1n) is 14.3. The van der Waals surface area contributed by atoms with Crippen LogP contribution in [0.2, 0.25) is 0 Å². The number of rotatable bonds is 3. The largest absolute Gasteiger partial charge is 0.456 e. The summed E-state index contributed by atoms with van der Waals surface area (Å²) in [7, 11) is 0. The summed E-state index contributed by atoms with van der Waals surface area (Å²) in [5, 5.41) is 4.98. The Balaban J connectivity index is 1.06. The number of furan rings is 1. The van der Waals surface area contributed by atoms with E-state index in [-0.39, 0.29) is 0 Å². The van der Waals surface area contributed by atoms with Crippen molar-refractivity contribution in [3.05, 3.63) is 146 Å². The average Bonchev–Trinajstić information content (AvgIpc) is 3.43. The molecule has 0 N–H and O–H groups in total. The van der Waals surface area contributed by atoms with Gasteiger partial charge < -0.3 is 4.42 Å². The lowest BCUT2D eigenvalue weighted by Gasteiger charge is -2.21. The molecule has 196 valence electrons. The normalized spacial score (nSPS) is 12.2. The molecule has 1 nitrogen and oxygen atoms in total. The molecule has 0 saturated heterocycles. The van der Waals surface area contributed by atoms with Gasteiger partial charge in [0.05, 0.1) is 0 Å². The van der Waals surface area contributed by atoms with E-state index in [1.54, 1.807) is 0 Å². The molecule has 0 unspecified atom stereocenters. The number of benzene rings is 7. The van der Waals surface area contributed by atoms with E-state index in [4.69, 9.17) is 4.42 Å². The zero-order valence-electron chi connectivity index (χ0n) is 22.7. The van der Waals surface area contributed by atoms with Crippen LogP contribution in [0.15, 0.2) is 160 Å². The smallest absolute Gasteiger partial charge is 0.135 e. The van der Waals surface area contributed by atoms with E-state index in [0.717, 1.165) is 21.9 Å². The monoisotopic (exact) mass is 552 g/mol.